The van der Waals surface area contributed by atoms with Crippen LogP contribution in [0.25, 0.3) is 77.2 Å². The van der Waals surface area contributed by atoms with E-state index < -0.39 is 22.6 Å². The molecule has 0 aliphatic heterocycles. The SMILES string of the molecule is Cc1ccc2c(c1)c1cc(C)ccc1n2-c1c(-c2ccccc2C)c(C(C)(C)C)c(-n2c3ccc(C)cc3c3cc(C)ccc32)c(C(C)(C)C)c1-c1ccccc1C(F)(F)F. The summed E-state index contributed by atoms with van der Waals surface area (Å²) in [6.45, 7) is 23.8. The molecule has 9 aromatic rings. The number of alkyl halides is 3. The molecule has 2 aromatic heterocycles. The second-order valence-electron chi connectivity index (χ2n) is 19.3. The van der Waals surface area contributed by atoms with Crippen molar-refractivity contribution in [1.29, 1.82) is 0 Å². The van der Waals surface area contributed by atoms with Crippen LogP contribution in [0.4, 0.5) is 13.2 Å². The Kier molecular flexibility index (Phi) is 9.25. The van der Waals surface area contributed by atoms with Crippen molar-refractivity contribution in [2.75, 3.05) is 0 Å². The van der Waals surface area contributed by atoms with E-state index in [0.29, 0.717) is 5.56 Å². The highest BCUT2D eigenvalue weighted by Gasteiger charge is 2.41. The minimum atomic E-state index is -4.63. The van der Waals surface area contributed by atoms with Gasteiger partial charge in [-0.1, -0.05) is 131 Å². The maximum Gasteiger partial charge on any atom is 0.417 e. The van der Waals surface area contributed by atoms with Gasteiger partial charge in [0.2, 0.25) is 0 Å². The molecule has 0 atom stereocenters. The third kappa shape index (κ3) is 6.47. The lowest BCUT2D eigenvalue weighted by molar-refractivity contribution is -0.137. The number of hydrogen-bond donors (Lipinski definition) is 0. The molecule has 0 unspecified atom stereocenters. The predicted molar refractivity (Wildman–Crippen MR) is 252 cm³/mol. The Balaban J connectivity index is 1.70. The van der Waals surface area contributed by atoms with Crippen LogP contribution in [-0.4, -0.2) is 9.13 Å². The zero-order valence-corrected chi connectivity index (χ0v) is 37.1. The second-order valence-corrected chi connectivity index (χ2v) is 19.3. The molecule has 61 heavy (non-hydrogen) atoms. The van der Waals surface area contributed by atoms with Crippen LogP contribution in [0.1, 0.15) is 86.1 Å². The molecule has 0 saturated carbocycles. The van der Waals surface area contributed by atoms with Crippen LogP contribution in [0, 0.1) is 34.6 Å². The summed E-state index contributed by atoms with van der Waals surface area (Å²) in [5.74, 6) is 0. The van der Waals surface area contributed by atoms with E-state index in [9.17, 15) is 0 Å². The van der Waals surface area contributed by atoms with Crippen LogP contribution < -0.4 is 0 Å². The molecule has 2 heterocycles. The molecule has 2 nitrogen and oxygen atoms in total. The van der Waals surface area contributed by atoms with E-state index in [1.165, 1.54) is 12.1 Å². The van der Waals surface area contributed by atoms with E-state index in [1.54, 1.807) is 12.1 Å². The number of rotatable bonds is 4. The first-order valence-electron chi connectivity index (χ1n) is 21.3. The van der Waals surface area contributed by atoms with Gasteiger partial charge in [-0.3, -0.25) is 0 Å². The highest BCUT2D eigenvalue weighted by molar-refractivity contribution is 6.13. The number of fused-ring (bicyclic) bond motifs is 6. The lowest BCUT2D eigenvalue weighted by Crippen LogP contribution is -2.26. The molecule has 0 fully saturated rings. The molecular weight excluding hydrogens is 758 g/mol. The number of hydrogen-bond acceptors (Lipinski definition) is 0. The maximum atomic E-state index is 15.8. The summed E-state index contributed by atoms with van der Waals surface area (Å²) in [6, 6.07) is 40.8. The van der Waals surface area contributed by atoms with E-state index in [-0.39, 0.29) is 5.56 Å². The number of nitrogens with zero attached hydrogens (tertiary/aromatic N) is 2. The highest BCUT2D eigenvalue weighted by atomic mass is 19.4. The zero-order valence-electron chi connectivity index (χ0n) is 37.1. The van der Waals surface area contributed by atoms with Crippen molar-refractivity contribution in [3.05, 3.63) is 166 Å². The lowest BCUT2D eigenvalue weighted by Gasteiger charge is -2.38. The summed E-state index contributed by atoms with van der Waals surface area (Å²) in [5, 5.41) is 4.36. The Morgan fingerprint density at radius 1 is 0.393 bits per heavy atom. The first-order chi connectivity index (χ1) is 28.8. The van der Waals surface area contributed by atoms with Gasteiger partial charge in [0.15, 0.2) is 0 Å². The first kappa shape index (κ1) is 40.3. The Morgan fingerprint density at radius 2 is 0.738 bits per heavy atom. The summed E-state index contributed by atoms with van der Waals surface area (Å²) in [4.78, 5) is 0. The first-order valence-corrected chi connectivity index (χ1v) is 21.3. The standard InChI is InChI=1S/C56H53F3N2/c1-32-20-24-44-39(28-32)40-29-33(2)21-25-45(40)60(44)52-48(37-17-13-12-16-36(37)5)50(54(6,7)8)53(51(55(9,10)11)49(52)38-18-14-15-19-43(38)56(57,58)59)61-46-26-22-34(3)30-41(46)42-31-35(4)23-27-47(42)61/h12-31H,1-11H3. The van der Waals surface area contributed by atoms with E-state index in [2.05, 4.69) is 176 Å². The van der Waals surface area contributed by atoms with Gasteiger partial charge in [-0.05, 0) is 128 Å². The topological polar surface area (TPSA) is 9.86 Å². The molecule has 0 aliphatic rings. The van der Waals surface area contributed by atoms with Crippen molar-refractivity contribution >= 4 is 43.6 Å². The minimum absolute atomic E-state index is 0.160. The van der Waals surface area contributed by atoms with Crippen LogP contribution in [0.2, 0.25) is 0 Å². The molecule has 5 heteroatoms. The Hall–Kier alpha value is -6.07. The zero-order chi connectivity index (χ0) is 43.5. The van der Waals surface area contributed by atoms with Crippen LogP contribution in [0.3, 0.4) is 0 Å². The van der Waals surface area contributed by atoms with Gasteiger partial charge in [0.05, 0.1) is 39.0 Å². The summed E-state index contributed by atoms with van der Waals surface area (Å²) in [6.07, 6.45) is -4.63. The van der Waals surface area contributed by atoms with Crippen molar-refractivity contribution in [3.63, 3.8) is 0 Å². The summed E-state index contributed by atoms with van der Waals surface area (Å²) < 4.78 is 52.2. The Bertz CT molecular complexity index is 3130. The Labute approximate surface area is 357 Å². The van der Waals surface area contributed by atoms with E-state index in [0.717, 1.165) is 105 Å². The molecule has 0 aliphatic carbocycles. The van der Waals surface area contributed by atoms with Gasteiger partial charge < -0.3 is 9.13 Å². The normalized spacial score (nSPS) is 12.8. The third-order valence-corrected chi connectivity index (χ3v) is 12.5. The molecule has 0 bridgehead atoms. The van der Waals surface area contributed by atoms with Crippen LogP contribution in [-0.2, 0) is 17.0 Å². The van der Waals surface area contributed by atoms with E-state index in [4.69, 9.17) is 0 Å². The minimum Gasteiger partial charge on any atom is -0.309 e. The fourth-order valence-electron chi connectivity index (χ4n) is 9.94. The quantitative estimate of drug-likeness (QED) is 0.168. The molecule has 0 amide bonds. The van der Waals surface area contributed by atoms with Gasteiger partial charge in [-0.25, -0.2) is 0 Å². The molecule has 9 rings (SSSR count). The largest absolute Gasteiger partial charge is 0.417 e. The van der Waals surface area contributed by atoms with E-state index in [1.807, 2.05) is 6.07 Å². The molecule has 7 aromatic carbocycles. The number of benzene rings is 7. The summed E-state index contributed by atoms with van der Waals surface area (Å²) >= 11 is 0. The van der Waals surface area contributed by atoms with Crippen molar-refractivity contribution < 1.29 is 13.2 Å². The monoisotopic (exact) mass is 810 g/mol. The van der Waals surface area contributed by atoms with Crippen LogP contribution in [0.15, 0.2) is 121 Å². The molecule has 0 spiro atoms. The fraction of sp³-hybridized carbons (Fsp3) is 0.250. The Morgan fingerprint density at radius 3 is 1.11 bits per heavy atom. The van der Waals surface area contributed by atoms with Gasteiger partial charge in [0.1, 0.15) is 0 Å². The van der Waals surface area contributed by atoms with Crippen molar-refractivity contribution in [2.45, 2.75) is 93.2 Å². The maximum absolute atomic E-state index is 15.8. The van der Waals surface area contributed by atoms with Crippen molar-refractivity contribution in [1.82, 2.24) is 9.13 Å². The van der Waals surface area contributed by atoms with Crippen molar-refractivity contribution in [3.8, 4) is 33.6 Å². The highest BCUT2D eigenvalue weighted by Crippen LogP contribution is 2.56. The fourth-order valence-corrected chi connectivity index (χ4v) is 9.94. The van der Waals surface area contributed by atoms with Gasteiger partial charge in [-0.15, -0.1) is 0 Å². The smallest absolute Gasteiger partial charge is 0.309 e. The van der Waals surface area contributed by atoms with Gasteiger partial charge in [0.25, 0.3) is 0 Å². The predicted octanol–water partition coefficient (Wildman–Crippen LogP) is 16.4. The van der Waals surface area contributed by atoms with Crippen LogP contribution in [0.5, 0.6) is 0 Å². The number of aromatic nitrogens is 2. The lowest BCUT2D eigenvalue weighted by atomic mass is 9.70. The van der Waals surface area contributed by atoms with Crippen LogP contribution >= 0.6 is 0 Å². The average Bonchev–Trinajstić information content (AvgIpc) is 3.66. The van der Waals surface area contributed by atoms with E-state index >= 15 is 13.2 Å². The molecule has 0 radical (unpaired) electrons. The number of aryl methyl sites for hydroxylation is 5. The molecule has 0 saturated heterocycles. The molecule has 308 valence electrons. The average molecular weight is 811 g/mol. The second kappa shape index (κ2) is 14.0. The van der Waals surface area contributed by atoms with Gasteiger partial charge in [-0.2, -0.15) is 13.2 Å². The third-order valence-electron chi connectivity index (χ3n) is 12.5. The number of halogens is 3. The van der Waals surface area contributed by atoms with Gasteiger partial charge in [0, 0.05) is 32.7 Å². The summed E-state index contributed by atoms with van der Waals surface area (Å²) in [7, 11) is 0. The van der Waals surface area contributed by atoms with Gasteiger partial charge >= 0.3 is 6.18 Å². The molecular formula is C56H53F3N2. The van der Waals surface area contributed by atoms with Crippen molar-refractivity contribution in [2.24, 2.45) is 0 Å². The molecule has 0 N–H and O–H groups in total. The summed E-state index contributed by atoms with van der Waals surface area (Å²) in [5.41, 5.74) is 13.9.